The maximum Gasteiger partial charge on any atom is 0.258 e. The Balaban J connectivity index is 2.55. The quantitative estimate of drug-likeness (QED) is 0.711. The van der Waals surface area contributed by atoms with E-state index >= 15 is 0 Å². The predicted molar refractivity (Wildman–Crippen MR) is 92.1 cm³/mol. The molecule has 0 unspecified atom stereocenters. The molecule has 106 valence electrons. The number of nitrogens with zero attached hydrogens (tertiary/aromatic N) is 1. The molecule has 0 bridgehead atoms. The van der Waals surface area contributed by atoms with E-state index in [9.17, 15) is 4.79 Å². The van der Waals surface area contributed by atoms with Gasteiger partial charge in [-0.05, 0) is 29.5 Å². The Morgan fingerprint density at radius 1 is 1.00 bits per heavy atom. The van der Waals surface area contributed by atoms with Crippen molar-refractivity contribution in [2.24, 2.45) is 7.05 Å². The van der Waals surface area contributed by atoms with Crippen molar-refractivity contribution >= 4 is 23.4 Å². The highest BCUT2D eigenvalue weighted by atomic mass is 32.1. The fourth-order valence-electron chi connectivity index (χ4n) is 2.85. The molecule has 0 saturated carbocycles. The van der Waals surface area contributed by atoms with E-state index in [1.54, 1.807) is 4.57 Å². The molecule has 0 amide bonds. The van der Waals surface area contributed by atoms with Gasteiger partial charge in [0.1, 0.15) is 0 Å². The summed E-state index contributed by atoms with van der Waals surface area (Å²) in [6.45, 7) is 2.09. The number of aromatic nitrogens is 1. The molecular weight excluding hydrogens is 278 g/mol. The van der Waals surface area contributed by atoms with Crippen molar-refractivity contribution in [3.8, 4) is 11.1 Å². The lowest BCUT2D eigenvalue weighted by Crippen LogP contribution is -2.21. The Labute approximate surface area is 129 Å². The average Bonchev–Trinajstić information content (AvgIpc) is 2.51. The van der Waals surface area contributed by atoms with Crippen LogP contribution in [0.25, 0.3) is 21.9 Å². The minimum absolute atomic E-state index is 0.0342. The maximum absolute atomic E-state index is 12.5. The normalized spacial score (nSPS) is 11.0. The summed E-state index contributed by atoms with van der Waals surface area (Å²) >= 11 is 4.45. The second kappa shape index (κ2) is 5.41. The van der Waals surface area contributed by atoms with Crippen LogP contribution in [0.4, 0.5) is 0 Å². The van der Waals surface area contributed by atoms with Crippen LogP contribution in [-0.2, 0) is 12.8 Å². The highest BCUT2D eigenvalue weighted by Crippen LogP contribution is 2.33. The number of thiol groups is 1. The van der Waals surface area contributed by atoms with Gasteiger partial charge >= 0.3 is 0 Å². The maximum atomic E-state index is 12.5. The van der Waals surface area contributed by atoms with Crippen molar-refractivity contribution in [3.63, 3.8) is 0 Å². The third-order valence-corrected chi connectivity index (χ3v) is 4.29. The Morgan fingerprint density at radius 3 is 2.29 bits per heavy atom. The first-order chi connectivity index (χ1) is 10.1. The highest BCUT2D eigenvalue weighted by Gasteiger charge is 2.16. The molecule has 2 nitrogen and oxygen atoms in total. The summed E-state index contributed by atoms with van der Waals surface area (Å²) in [6.07, 6.45) is 0. The van der Waals surface area contributed by atoms with Gasteiger partial charge in [0.15, 0.2) is 0 Å². The van der Waals surface area contributed by atoms with E-state index in [2.05, 4.69) is 31.7 Å². The summed E-state index contributed by atoms with van der Waals surface area (Å²) in [4.78, 5) is 12.5. The topological polar surface area (TPSA) is 22.0 Å². The molecule has 0 aliphatic rings. The summed E-state index contributed by atoms with van der Waals surface area (Å²) < 4.78 is 1.72. The van der Waals surface area contributed by atoms with Crippen LogP contribution in [0.5, 0.6) is 0 Å². The fourth-order valence-corrected chi connectivity index (χ4v) is 3.22. The minimum Gasteiger partial charge on any atom is -0.314 e. The van der Waals surface area contributed by atoms with E-state index in [0.717, 1.165) is 27.6 Å². The van der Waals surface area contributed by atoms with Crippen molar-refractivity contribution < 1.29 is 0 Å². The SMILES string of the molecule is Cc1ccccc1-c1c(CS)n(C)c(=O)c2ccccc12. The molecular formula is C18H17NOS. The number of aryl methyl sites for hydroxylation is 1. The van der Waals surface area contributed by atoms with Gasteiger partial charge < -0.3 is 4.57 Å². The summed E-state index contributed by atoms with van der Waals surface area (Å²) in [6, 6.07) is 16.1. The van der Waals surface area contributed by atoms with Crippen LogP contribution in [-0.4, -0.2) is 4.57 Å². The number of fused-ring (bicyclic) bond motifs is 1. The molecule has 0 radical (unpaired) electrons. The summed E-state index contributed by atoms with van der Waals surface area (Å²) in [5, 5.41) is 1.75. The zero-order valence-corrected chi connectivity index (χ0v) is 13.0. The molecule has 0 aliphatic carbocycles. The smallest absolute Gasteiger partial charge is 0.258 e. The predicted octanol–water partition coefficient (Wildman–Crippen LogP) is 3.94. The van der Waals surface area contributed by atoms with Crippen LogP contribution in [0.3, 0.4) is 0 Å². The van der Waals surface area contributed by atoms with Crippen LogP contribution >= 0.6 is 12.6 Å². The van der Waals surface area contributed by atoms with Gasteiger partial charge in [-0.15, -0.1) is 0 Å². The molecule has 3 rings (SSSR count). The van der Waals surface area contributed by atoms with Gasteiger partial charge in [-0.1, -0.05) is 42.5 Å². The molecule has 21 heavy (non-hydrogen) atoms. The van der Waals surface area contributed by atoms with E-state index in [0.29, 0.717) is 5.75 Å². The fraction of sp³-hybridized carbons (Fsp3) is 0.167. The van der Waals surface area contributed by atoms with Crippen LogP contribution in [0.1, 0.15) is 11.3 Å². The Morgan fingerprint density at radius 2 is 1.62 bits per heavy atom. The van der Waals surface area contributed by atoms with Crippen molar-refractivity contribution in [2.45, 2.75) is 12.7 Å². The van der Waals surface area contributed by atoms with Gasteiger partial charge in [-0.25, -0.2) is 0 Å². The largest absolute Gasteiger partial charge is 0.314 e. The Bertz CT molecular complexity index is 880. The summed E-state index contributed by atoms with van der Waals surface area (Å²) in [7, 11) is 1.82. The number of hydrogen-bond acceptors (Lipinski definition) is 2. The first-order valence-electron chi connectivity index (χ1n) is 6.92. The van der Waals surface area contributed by atoms with Crippen LogP contribution in [0.2, 0.25) is 0 Å². The summed E-state index contributed by atoms with van der Waals surface area (Å²) in [5.74, 6) is 0.528. The second-order valence-electron chi connectivity index (χ2n) is 5.20. The minimum atomic E-state index is 0.0342. The lowest BCUT2D eigenvalue weighted by Gasteiger charge is -2.17. The first kappa shape index (κ1) is 14.0. The van der Waals surface area contributed by atoms with E-state index in [-0.39, 0.29) is 5.56 Å². The van der Waals surface area contributed by atoms with Gasteiger partial charge in [0.25, 0.3) is 5.56 Å². The van der Waals surface area contributed by atoms with E-state index in [4.69, 9.17) is 0 Å². The van der Waals surface area contributed by atoms with Crippen molar-refractivity contribution in [2.75, 3.05) is 0 Å². The summed E-state index contributed by atoms with van der Waals surface area (Å²) in [5.41, 5.74) is 4.46. The Kier molecular flexibility index (Phi) is 3.60. The van der Waals surface area contributed by atoms with Crippen LogP contribution < -0.4 is 5.56 Å². The molecule has 0 aliphatic heterocycles. The molecule has 0 atom stereocenters. The third-order valence-electron chi connectivity index (χ3n) is 3.99. The van der Waals surface area contributed by atoms with Crippen LogP contribution in [0.15, 0.2) is 53.3 Å². The zero-order chi connectivity index (χ0) is 15.0. The molecule has 1 aromatic heterocycles. The molecule has 2 aromatic carbocycles. The average molecular weight is 295 g/mol. The van der Waals surface area contributed by atoms with Gasteiger partial charge in [-0.3, -0.25) is 4.79 Å². The zero-order valence-electron chi connectivity index (χ0n) is 12.1. The van der Waals surface area contributed by atoms with Crippen molar-refractivity contribution in [3.05, 3.63) is 70.1 Å². The molecule has 0 saturated heterocycles. The van der Waals surface area contributed by atoms with Gasteiger partial charge in [0.05, 0.1) is 0 Å². The lowest BCUT2D eigenvalue weighted by atomic mass is 9.94. The highest BCUT2D eigenvalue weighted by molar-refractivity contribution is 7.79. The molecule has 3 aromatic rings. The van der Waals surface area contributed by atoms with Crippen molar-refractivity contribution in [1.29, 1.82) is 0 Å². The number of pyridine rings is 1. The lowest BCUT2D eigenvalue weighted by molar-refractivity contribution is 0.827. The van der Waals surface area contributed by atoms with Crippen molar-refractivity contribution in [1.82, 2.24) is 4.57 Å². The second-order valence-corrected chi connectivity index (χ2v) is 5.52. The van der Waals surface area contributed by atoms with Gasteiger partial charge in [-0.2, -0.15) is 12.6 Å². The Hall–Kier alpha value is -2.00. The van der Waals surface area contributed by atoms with Gasteiger partial charge in [0, 0.05) is 29.4 Å². The first-order valence-corrected chi connectivity index (χ1v) is 7.56. The van der Waals surface area contributed by atoms with E-state index in [1.807, 2.05) is 43.4 Å². The number of benzene rings is 2. The van der Waals surface area contributed by atoms with E-state index in [1.165, 1.54) is 5.56 Å². The molecule has 0 fully saturated rings. The van der Waals surface area contributed by atoms with E-state index < -0.39 is 0 Å². The van der Waals surface area contributed by atoms with Gasteiger partial charge in [0.2, 0.25) is 0 Å². The molecule has 0 spiro atoms. The molecule has 3 heteroatoms. The standard InChI is InChI=1S/C18H17NOS/c1-12-7-3-4-8-13(12)17-14-9-5-6-10-15(14)18(20)19(2)16(17)11-21/h3-10,21H,11H2,1-2H3. The molecule has 0 N–H and O–H groups in total. The monoisotopic (exact) mass is 295 g/mol. The number of rotatable bonds is 2. The molecule has 1 heterocycles. The third kappa shape index (κ3) is 2.18. The number of hydrogen-bond donors (Lipinski definition) is 1. The van der Waals surface area contributed by atoms with Crippen LogP contribution in [0, 0.1) is 6.92 Å².